The lowest BCUT2D eigenvalue weighted by atomic mass is 9.93. The van der Waals surface area contributed by atoms with Crippen LogP contribution in [-0.4, -0.2) is 144 Å². The van der Waals surface area contributed by atoms with Crippen LogP contribution in [0.15, 0.2) is 0 Å². The molecule has 7 heteroatoms. The highest BCUT2D eigenvalue weighted by Gasteiger charge is 2.28. The van der Waals surface area contributed by atoms with Crippen LogP contribution in [0.5, 0.6) is 0 Å². The van der Waals surface area contributed by atoms with Gasteiger partial charge in [0, 0.05) is 56.4 Å². The lowest BCUT2D eigenvalue weighted by Crippen LogP contribution is -2.45. The van der Waals surface area contributed by atoms with E-state index < -0.39 is 5.60 Å². The predicted octanol–water partition coefficient (Wildman–Crippen LogP) is 6.44. The Morgan fingerprint density at radius 2 is 0.682 bits per heavy atom. The number of nitrogens with zero attached hydrogens (tertiary/aromatic N) is 5. The van der Waals surface area contributed by atoms with Crippen molar-refractivity contribution in [2.24, 2.45) is 0 Å². The van der Waals surface area contributed by atoms with Gasteiger partial charge in [-0.25, -0.2) is 0 Å². The van der Waals surface area contributed by atoms with E-state index in [1.54, 1.807) is 0 Å². The number of likely N-dealkylation sites (tertiary alicyclic amines) is 4. The summed E-state index contributed by atoms with van der Waals surface area (Å²) in [6.45, 7) is 38.5. The van der Waals surface area contributed by atoms with Crippen molar-refractivity contribution in [3.8, 4) is 0 Å². The standard InChI is InChI=1S/C9H19NO.C8H17N.C7H15NO.C7H15N.C6H13N/c1-8(2)10-6-4-9(3,11)5-7-10;1-8(2)9-6-4-3-5-7-9;1-7(2)8-3-5-9-6-4-8;1-7(2)8-5-3-4-6-8;1-6(2)7-4-3-5-7/h8,11H,4-7H2,1-3H3;8H,3-7H2,1-2H3;7H,3-6H2,1-2H3;7H,3-6H2,1-2H3;6H,3-5H2,1-2H3. The Hall–Kier alpha value is -0.280. The molecular weight excluding hydrogens is 546 g/mol. The Labute approximate surface area is 276 Å². The van der Waals surface area contributed by atoms with Gasteiger partial charge < -0.3 is 29.4 Å². The van der Waals surface area contributed by atoms with Gasteiger partial charge in [0.15, 0.2) is 0 Å². The van der Waals surface area contributed by atoms with Gasteiger partial charge in [-0.3, -0.25) is 4.90 Å². The Balaban J connectivity index is 0.000000277. The predicted molar refractivity (Wildman–Crippen MR) is 192 cm³/mol. The zero-order valence-electron chi connectivity index (χ0n) is 31.6. The molecular formula is C37H79N5O2. The summed E-state index contributed by atoms with van der Waals surface area (Å²) < 4.78 is 5.21. The van der Waals surface area contributed by atoms with E-state index in [0.717, 1.165) is 70.4 Å². The van der Waals surface area contributed by atoms with E-state index in [2.05, 4.69) is 93.7 Å². The first-order valence-corrected chi connectivity index (χ1v) is 18.7. The van der Waals surface area contributed by atoms with Crippen LogP contribution < -0.4 is 0 Å². The van der Waals surface area contributed by atoms with Crippen LogP contribution >= 0.6 is 0 Å². The van der Waals surface area contributed by atoms with Gasteiger partial charge in [0.2, 0.25) is 0 Å². The molecule has 0 unspecified atom stereocenters. The van der Waals surface area contributed by atoms with Gasteiger partial charge in [0.1, 0.15) is 0 Å². The van der Waals surface area contributed by atoms with Crippen LogP contribution in [-0.2, 0) is 4.74 Å². The number of hydrogen-bond acceptors (Lipinski definition) is 7. The summed E-state index contributed by atoms with van der Waals surface area (Å²) in [7, 11) is 0. The maximum absolute atomic E-state index is 9.65. The van der Waals surface area contributed by atoms with Gasteiger partial charge in [-0.2, -0.15) is 0 Å². The van der Waals surface area contributed by atoms with Gasteiger partial charge in [-0.15, -0.1) is 0 Å². The SMILES string of the molecule is CC(C)N1CCC(C)(O)CC1.CC(C)N1CCC1.CC(C)N1CCCC1.CC(C)N1CCCCC1.CC(C)N1CCOCC1. The third kappa shape index (κ3) is 18.8. The molecule has 5 saturated heterocycles. The summed E-state index contributed by atoms with van der Waals surface area (Å²) >= 11 is 0. The zero-order valence-corrected chi connectivity index (χ0v) is 31.6. The molecule has 0 atom stereocenters. The van der Waals surface area contributed by atoms with Crippen LogP contribution in [0.4, 0.5) is 0 Å². The van der Waals surface area contributed by atoms with Crippen LogP contribution in [0, 0.1) is 0 Å². The van der Waals surface area contributed by atoms with E-state index in [1.807, 2.05) is 6.92 Å². The second kappa shape index (κ2) is 23.1. The average Bonchev–Trinajstić information content (AvgIpc) is 3.50. The quantitative estimate of drug-likeness (QED) is 0.377. The second-order valence-electron chi connectivity index (χ2n) is 15.4. The van der Waals surface area contributed by atoms with Crippen molar-refractivity contribution in [3.05, 3.63) is 0 Å². The van der Waals surface area contributed by atoms with Crippen molar-refractivity contribution in [2.45, 2.75) is 163 Å². The highest BCUT2D eigenvalue weighted by Crippen LogP contribution is 2.22. The molecule has 5 aliphatic rings. The van der Waals surface area contributed by atoms with Gasteiger partial charge in [0.05, 0.1) is 18.8 Å². The Morgan fingerprint density at radius 3 is 0.932 bits per heavy atom. The number of hydrogen-bond donors (Lipinski definition) is 1. The zero-order chi connectivity index (χ0) is 33.1. The monoisotopic (exact) mass is 626 g/mol. The van der Waals surface area contributed by atoms with Crippen molar-refractivity contribution in [1.29, 1.82) is 0 Å². The lowest BCUT2D eigenvalue weighted by molar-refractivity contribution is -0.0126. The molecule has 0 aromatic carbocycles. The number of ether oxygens (including phenoxy) is 1. The summed E-state index contributed by atoms with van der Waals surface area (Å²) in [5, 5.41) is 9.65. The first-order chi connectivity index (χ1) is 20.7. The molecule has 5 aliphatic heterocycles. The molecule has 7 nitrogen and oxygen atoms in total. The van der Waals surface area contributed by atoms with Gasteiger partial charge in [-0.1, -0.05) is 6.42 Å². The number of piperidine rings is 2. The van der Waals surface area contributed by atoms with Gasteiger partial charge in [0.25, 0.3) is 0 Å². The molecule has 0 amide bonds. The molecule has 5 rings (SSSR count). The topological polar surface area (TPSA) is 45.7 Å². The minimum atomic E-state index is -0.397. The van der Waals surface area contributed by atoms with Gasteiger partial charge in [-0.05, 0) is 160 Å². The van der Waals surface area contributed by atoms with E-state index in [4.69, 9.17) is 4.74 Å². The Bertz CT molecular complexity index is 631. The first kappa shape index (κ1) is 41.7. The van der Waals surface area contributed by atoms with E-state index in [9.17, 15) is 5.11 Å². The molecule has 0 bridgehead atoms. The molecule has 0 aromatic rings. The normalized spacial score (nSPS) is 23.7. The fourth-order valence-electron chi connectivity index (χ4n) is 6.17. The maximum atomic E-state index is 9.65. The van der Waals surface area contributed by atoms with E-state index in [0.29, 0.717) is 12.1 Å². The number of rotatable bonds is 5. The summed E-state index contributed by atoms with van der Waals surface area (Å²) in [4.78, 5) is 12.4. The first-order valence-electron chi connectivity index (χ1n) is 18.7. The third-order valence-electron chi connectivity index (χ3n) is 9.99. The molecule has 0 radical (unpaired) electrons. The fourth-order valence-corrected chi connectivity index (χ4v) is 6.17. The molecule has 0 aliphatic carbocycles. The molecule has 264 valence electrons. The minimum Gasteiger partial charge on any atom is -0.390 e. The Kier molecular flexibility index (Phi) is 21.9. The molecule has 5 fully saturated rings. The molecule has 5 heterocycles. The van der Waals surface area contributed by atoms with Crippen molar-refractivity contribution < 1.29 is 9.84 Å². The Morgan fingerprint density at radius 1 is 0.409 bits per heavy atom. The highest BCUT2D eigenvalue weighted by molar-refractivity contribution is 4.82. The highest BCUT2D eigenvalue weighted by atomic mass is 16.5. The van der Waals surface area contributed by atoms with E-state index >= 15 is 0 Å². The van der Waals surface area contributed by atoms with E-state index in [1.165, 1.54) is 77.8 Å². The molecule has 0 aromatic heterocycles. The molecule has 0 saturated carbocycles. The summed E-state index contributed by atoms with van der Waals surface area (Å²) in [6, 6.07) is 3.65. The van der Waals surface area contributed by atoms with E-state index in [-0.39, 0.29) is 0 Å². The lowest BCUT2D eigenvalue weighted by Gasteiger charge is -2.37. The maximum Gasteiger partial charge on any atom is 0.0644 e. The van der Waals surface area contributed by atoms with Crippen molar-refractivity contribution in [3.63, 3.8) is 0 Å². The largest absolute Gasteiger partial charge is 0.390 e. The number of morpholine rings is 1. The number of aliphatic hydroxyl groups is 1. The molecule has 44 heavy (non-hydrogen) atoms. The molecule has 0 spiro atoms. The van der Waals surface area contributed by atoms with Crippen LogP contribution in [0.2, 0.25) is 0 Å². The van der Waals surface area contributed by atoms with Crippen LogP contribution in [0.1, 0.15) is 128 Å². The fraction of sp³-hybridized carbons (Fsp3) is 1.00. The van der Waals surface area contributed by atoms with Crippen molar-refractivity contribution in [2.75, 3.05) is 78.7 Å². The summed E-state index contributed by atoms with van der Waals surface area (Å²) in [5.74, 6) is 0. The van der Waals surface area contributed by atoms with Gasteiger partial charge >= 0.3 is 0 Å². The average molecular weight is 626 g/mol. The second-order valence-corrected chi connectivity index (χ2v) is 15.4. The van der Waals surface area contributed by atoms with Crippen molar-refractivity contribution >= 4 is 0 Å². The van der Waals surface area contributed by atoms with Crippen molar-refractivity contribution in [1.82, 2.24) is 24.5 Å². The smallest absolute Gasteiger partial charge is 0.0644 e. The van der Waals surface area contributed by atoms with Crippen LogP contribution in [0.25, 0.3) is 0 Å². The summed E-state index contributed by atoms with van der Waals surface area (Å²) in [5.41, 5.74) is -0.397. The summed E-state index contributed by atoms with van der Waals surface area (Å²) in [6.07, 6.45) is 10.4. The third-order valence-corrected chi connectivity index (χ3v) is 9.99. The van der Waals surface area contributed by atoms with Crippen LogP contribution in [0.3, 0.4) is 0 Å². The minimum absolute atomic E-state index is 0.397. The molecule has 1 N–H and O–H groups in total.